The molecule has 42 heavy (non-hydrogen) atoms. The van der Waals surface area contributed by atoms with Crippen molar-refractivity contribution in [1.82, 2.24) is 9.13 Å². The second kappa shape index (κ2) is 9.16. The van der Waals surface area contributed by atoms with Crippen LogP contribution in [0.3, 0.4) is 0 Å². The molecule has 0 N–H and O–H groups in total. The molecule has 0 radical (unpaired) electrons. The first-order chi connectivity index (χ1) is 20.8. The Morgan fingerprint density at radius 2 is 1.05 bits per heavy atom. The number of benzene rings is 6. The number of nitrogens with zero attached hydrogens (tertiary/aromatic N) is 3. The van der Waals surface area contributed by atoms with Crippen molar-refractivity contribution >= 4 is 61.5 Å². The number of fused-ring (bicyclic) bond motifs is 7. The van der Waals surface area contributed by atoms with Gasteiger partial charge in [0.15, 0.2) is 0 Å². The van der Waals surface area contributed by atoms with Crippen LogP contribution in [0.2, 0.25) is 0 Å². The molecule has 0 saturated heterocycles. The van der Waals surface area contributed by atoms with E-state index in [-0.39, 0.29) is 0 Å². The van der Waals surface area contributed by atoms with Crippen molar-refractivity contribution in [3.8, 4) is 11.4 Å². The summed E-state index contributed by atoms with van der Waals surface area (Å²) >= 11 is 1.84. The molecule has 4 heteroatoms. The molecule has 1 aliphatic heterocycles. The van der Waals surface area contributed by atoms with Crippen molar-refractivity contribution in [2.24, 2.45) is 0 Å². The van der Waals surface area contributed by atoms with Gasteiger partial charge in [-0.15, -0.1) is 0 Å². The maximum atomic E-state index is 2.42. The molecule has 0 amide bonds. The molecule has 198 valence electrons. The molecule has 9 rings (SSSR count). The van der Waals surface area contributed by atoms with E-state index in [1.165, 1.54) is 59.6 Å². The zero-order valence-electron chi connectivity index (χ0n) is 22.7. The fourth-order valence-corrected chi connectivity index (χ4v) is 7.59. The molecule has 0 atom stereocenters. The Kier molecular flexibility index (Phi) is 5.13. The Balaban J connectivity index is 1.28. The van der Waals surface area contributed by atoms with Gasteiger partial charge in [0, 0.05) is 49.2 Å². The lowest BCUT2D eigenvalue weighted by Crippen LogP contribution is -2.15. The van der Waals surface area contributed by atoms with Gasteiger partial charge in [-0.3, -0.25) is 0 Å². The zero-order chi connectivity index (χ0) is 27.6. The standard InChI is InChI=1S/C38H25N3S/c1-2-11-26(12-3-1)39-24-23-30-31(39)21-22-35-38(30)29-15-4-5-16-32(29)40(35)27-13-10-14-28(25-27)41-33-17-6-8-19-36(33)42-37-20-9-7-18-34(37)41/h1-25H. The van der Waals surface area contributed by atoms with Crippen LogP contribution in [-0.2, 0) is 0 Å². The molecule has 8 aromatic rings. The minimum absolute atomic E-state index is 1.15. The molecule has 0 fully saturated rings. The predicted molar refractivity (Wildman–Crippen MR) is 176 cm³/mol. The van der Waals surface area contributed by atoms with Crippen molar-refractivity contribution in [2.75, 3.05) is 4.90 Å². The van der Waals surface area contributed by atoms with Crippen molar-refractivity contribution in [3.05, 3.63) is 152 Å². The highest BCUT2D eigenvalue weighted by atomic mass is 32.2. The van der Waals surface area contributed by atoms with Crippen LogP contribution in [0.5, 0.6) is 0 Å². The molecule has 0 saturated carbocycles. The molecule has 0 bridgehead atoms. The van der Waals surface area contributed by atoms with E-state index in [1.807, 2.05) is 11.8 Å². The second-order valence-corrected chi connectivity index (χ2v) is 11.7. The van der Waals surface area contributed by atoms with E-state index in [0.717, 1.165) is 11.4 Å². The molecular weight excluding hydrogens is 531 g/mol. The van der Waals surface area contributed by atoms with Crippen LogP contribution in [-0.4, -0.2) is 9.13 Å². The second-order valence-electron chi connectivity index (χ2n) is 10.7. The molecule has 0 spiro atoms. The number of hydrogen-bond acceptors (Lipinski definition) is 2. The zero-order valence-corrected chi connectivity index (χ0v) is 23.5. The smallest absolute Gasteiger partial charge is 0.0601 e. The summed E-state index contributed by atoms with van der Waals surface area (Å²) in [6.45, 7) is 0. The van der Waals surface area contributed by atoms with E-state index >= 15 is 0 Å². The summed E-state index contributed by atoms with van der Waals surface area (Å²) in [5.41, 5.74) is 9.52. The van der Waals surface area contributed by atoms with Crippen LogP contribution in [0.25, 0.3) is 44.1 Å². The first kappa shape index (κ1) is 23.5. The summed E-state index contributed by atoms with van der Waals surface area (Å²) in [5.74, 6) is 0. The summed E-state index contributed by atoms with van der Waals surface area (Å²) in [7, 11) is 0. The third-order valence-electron chi connectivity index (χ3n) is 8.32. The number of para-hydroxylation sites is 4. The molecule has 3 nitrogen and oxygen atoms in total. The average Bonchev–Trinajstić information content (AvgIpc) is 3.63. The van der Waals surface area contributed by atoms with Gasteiger partial charge in [-0.25, -0.2) is 0 Å². The lowest BCUT2D eigenvalue weighted by atomic mass is 10.1. The Morgan fingerprint density at radius 3 is 1.86 bits per heavy atom. The first-order valence-electron chi connectivity index (χ1n) is 14.2. The summed E-state index contributed by atoms with van der Waals surface area (Å²) in [4.78, 5) is 4.93. The Morgan fingerprint density at radius 1 is 0.429 bits per heavy atom. The number of hydrogen-bond donors (Lipinski definition) is 0. The molecule has 6 aromatic carbocycles. The van der Waals surface area contributed by atoms with Crippen LogP contribution in [0.15, 0.2) is 162 Å². The third-order valence-corrected chi connectivity index (χ3v) is 9.45. The van der Waals surface area contributed by atoms with Gasteiger partial charge in [0.05, 0.1) is 27.9 Å². The summed E-state index contributed by atoms with van der Waals surface area (Å²) < 4.78 is 4.70. The number of rotatable bonds is 3. The van der Waals surface area contributed by atoms with Gasteiger partial charge in [0.25, 0.3) is 0 Å². The van der Waals surface area contributed by atoms with Gasteiger partial charge in [-0.1, -0.05) is 78.5 Å². The van der Waals surface area contributed by atoms with E-state index in [0.29, 0.717) is 0 Å². The van der Waals surface area contributed by atoms with Crippen molar-refractivity contribution in [2.45, 2.75) is 9.79 Å². The maximum Gasteiger partial charge on any atom is 0.0601 e. The van der Waals surface area contributed by atoms with Gasteiger partial charge < -0.3 is 14.0 Å². The monoisotopic (exact) mass is 555 g/mol. The quantitative estimate of drug-likeness (QED) is 0.215. The maximum absolute atomic E-state index is 2.42. The van der Waals surface area contributed by atoms with Gasteiger partial charge in [-0.2, -0.15) is 0 Å². The summed E-state index contributed by atoms with van der Waals surface area (Å²) in [6, 6.07) is 52.5. The minimum Gasteiger partial charge on any atom is -0.317 e. The molecule has 3 heterocycles. The van der Waals surface area contributed by atoms with E-state index in [4.69, 9.17) is 0 Å². The van der Waals surface area contributed by atoms with E-state index in [2.05, 4.69) is 166 Å². The average molecular weight is 556 g/mol. The molecule has 2 aromatic heterocycles. The SMILES string of the molecule is c1ccc(-n2ccc3c4c5ccccc5n(-c5cccc(N6c7ccccc7Sc7ccccc76)c5)c4ccc32)cc1. The molecule has 0 aliphatic carbocycles. The van der Waals surface area contributed by atoms with Gasteiger partial charge in [0.2, 0.25) is 0 Å². The van der Waals surface area contributed by atoms with Crippen LogP contribution in [0.4, 0.5) is 17.1 Å². The number of aromatic nitrogens is 2. The van der Waals surface area contributed by atoms with Gasteiger partial charge in [-0.05, 0) is 78.9 Å². The van der Waals surface area contributed by atoms with Crippen LogP contribution < -0.4 is 4.90 Å². The fraction of sp³-hybridized carbons (Fsp3) is 0. The van der Waals surface area contributed by atoms with E-state index < -0.39 is 0 Å². The first-order valence-corrected chi connectivity index (χ1v) is 15.0. The van der Waals surface area contributed by atoms with Crippen molar-refractivity contribution < 1.29 is 0 Å². The Labute approximate surface area is 247 Å². The van der Waals surface area contributed by atoms with Gasteiger partial charge in [0.1, 0.15) is 0 Å². The highest BCUT2D eigenvalue weighted by Gasteiger charge is 2.25. The Hall–Kier alpha value is -5.19. The van der Waals surface area contributed by atoms with E-state index in [9.17, 15) is 0 Å². The third kappa shape index (κ3) is 3.42. The summed E-state index contributed by atoms with van der Waals surface area (Å²) in [6.07, 6.45) is 2.19. The summed E-state index contributed by atoms with van der Waals surface area (Å²) in [5, 5.41) is 3.81. The molecular formula is C38H25N3S. The Bertz CT molecular complexity index is 2250. The minimum atomic E-state index is 1.15. The number of anilines is 3. The van der Waals surface area contributed by atoms with Crippen molar-refractivity contribution in [3.63, 3.8) is 0 Å². The normalized spacial score (nSPS) is 12.6. The highest BCUT2D eigenvalue weighted by Crippen LogP contribution is 2.51. The largest absolute Gasteiger partial charge is 0.317 e. The fourth-order valence-electron chi connectivity index (χ4n) is 6.53. The lowest BCUT2D eigenvalue weighted by Gasteiger charge is -2.33. The topological polar surface area (TPSA) is 13.1 Å². The lowest BCUT2D eigenvalue weighted by molar-refractivity contribution is 1.13. The van der Waals surface area contributed by atoms with Crippen LogP contribution >= 0.6 is 11.8 Å². The van der Waals surface area contributed by atoms with Gasteiger partial charge >= 0.3 is 0 Å². The molecule has 0 unspecified atom stereocenters. The van der Waals surface area contributed by atoms with Crippen LogP contribution in [0, 0.1) is 0 Å². The highest BCUT2D eigenvalue weighted by molar-refractivity contribution is 7.99. The van der Waals surface area contributed by atoms with Crippen molar-refractivity contribution in [1.29, 1.82) is 0 Å². The van der Waals surface area contributed by atoms with E-state index in [1.54, 1.807) is 0 Å². The predicted octanol–water partition coefficient (Wildman–Crippen LogP) is 10.7. The molecule has 1 aliphatic rings. The van der Waals surface area contributed by atoms with Crippen LogP contribution in [0.1, 0.15) is 0 Å².